The third-order valence-corrected chi connectivity index (χ3v) is 23.9. The second kappa shape index (κ2) is 35.5. The number of imide groups is 2. The lowest BCUT2D eigenvalue weighted by atomic mass is 9.50. The molecule has 6 amide bonds. The first-order valence-corrected chi connectivity index (χ1v) is 42.7. The molecule has 4 aromatic heterocycles. The molecule has 0 fully saturated rings. The number of halogens is 6. The van der Waals surface area contributed by atoms with Gasteiger partial charge in [-0.1, -0.05) is 143 Å². The van der Waals surface area contributed by atoms with Crippen molar-refractivity contribution in [3.63, 3.8) is 0 Å². The predicted octanol–water partition coefficient (Wildman–Crippen LogP) is 10.7. The van der Waals surface area contributed by atoms with Crippen LogP contribution in [0.4, 0.5) is 26.3 Å². The maximum Gasteiger partial charge on any atom is 0.516 e. The molecule has 0 saturated heterocycles. The van der Waals surface area contributed by atoms with Crippen molar-refractivity contribution >= 4 is 147 Å². The van der Waals surface area contributed by atoms with Crippen LogP contribution in [0.2, 0.25) is 0 Å². The van der Waals surface area contributed by atoms with Gasteiger partial charge in [-0.05, 0) is 146 Å². The average molecular weight is 1800 g/mol. The van der Waals surface area contributed by atoms with Crippen LogP contribution in [0, 0.1) is 22.7 Å². The summed E-state index contributed by atoms with van der Waals surface area (Å²) >= 11 is 0. The van der Waals surface area contributed by atoms with Gasteiger partial charge in [0.25, 0.3) is 23.6 Å². The Morgan fingerprint density at radius 3 is 1.06 bits per heavy atom. The van der Waals surface area contributed by atoms with Crippen molar-refractivity contribution < 1.29 is 109 Å². The van der Waals surface area contributed by atoms with Gasteiger partial charge in [-0.2, -0.15) is 53.7 Å². The molecule has 0 radical (unpaired) electrons. The molecular weight excluding hydrogens is 1730 g/mol. The highest BCUT2D eigenvalue weighted by Gasteiger charge is 2.49. The third kappa shape index (κ3) is 16.9. The lowest BCUT2D eigenvalue weighted by Gasteiger charge is -2.24. The molecule has 2 N–H and O–H groups in total. The van der Waals surface area contributed by atoms with E-state index in [-0.39, 0.29) is 162 Å². The Balaban J connectivity index is 0.897. The Hall–Kier alpha value is -16.0. The Morgan fingerprint density at radius 1 is 0.423 bits per heavy atom. The van der Waals surface area contributed by atoms with E-state index in [1.165, 1.54) is 62.8 Å². The minimum absolute atomic E-state index is 0.0773. The number of methoxy groups -OCH3 is 2. The normalized spacial score (nSPS) is 13.2. The SMILES string of the molecule is COc1ccc2oc(/C(C#N)=c3/c4c(-c5ccc(OC(=O)c6ccc7c(c6)C(=O)N(CCCCC(=O)NS(=O)(=O)C(F)(F)F)C7=O)cc5)n(B(c5ccccc5)c5ccccc5)/c(=C(/C#N)c5nc6cc(OC)ccc6o5)c4c(-c4ccc(OC(=O)c5ccc6c(c5)C(=O)N(CCCCC(=O)NS(=O)(=O)C(F)(F)F)C6=O)cc4)n3B(c3ccccc3)c3ccccc3)nc2c1. The summed E-state index contributed by atoms with van der Waals surface area (Å²) in [4.78, 5) is 121. The summed E-state index contributed by atoms with van der Waals surface area (Å²) in [6.07, 6.45) is -2.15. The number of hydrogen-bond acceptors (Lipinski definition) is 22. The van der Waals surface area contributed by atoms with Crippen LogP contribution >= 0.6 is 0 Å². The van der Waals surface area contributed by atoms with E-state index in [1.807, 2.05) is 130 Å². The van der Waals surface area contributed by atoms with Gasteiger partial charge in [0.15, 0.2) is 11.2 Å². The number of rotatable bonds is 28. The van der Waals surface area contributed by atoms with Gasteiger partial charge in [0, 0.05) is 60.2 Å². The number of sulfonamides is 2. The van der Waals surface area contributed by atoms with Crippen LogP contribution in [0.25, 0.3) is 66.6 Å². The minimum Gasteiger partial charge on any atom is -0.497 e. The second-order valence-electron chi connectivity index (χ2n) is 29.7. The average Bonchev–Trinajstić information content (AvgIpc) is 1.52. The van der Waals surface area contributed by atoms with E-state index in [0.717, 1.165) is 31.4 Å². The van der Waals surface area contributed by atoms with Crippen LogP contribution in [0.1, 0.15) is 112 Å². The lowest BCUT2D eigenvalue weighted by Crippen LogP contribution is -2.54. The summed E-state index contributed by atoms with van der Waals surface area (Å²) in [5, 5.41) is 26.0. The summed E-state index contributed by atoms with van der Waals surface area (Å²) < 4.78 is 167. The van der Waals surface area contributed by atoms with Crippen molar-refractivity contribution in [1.29, 1.82) is 10.5 Å². The van der Waals surface area contributed by atoms with Gasteiger partial charge in [0.05, 0.1) is 58.3 Å². The number of fused-ring (bicyclic) bond motifs is 5. The van der Waals surface area contributed by atoms with Crippen molar-refractivity contribution in [3.8, 4) is 57.7 Å². The minimum atomic E-state index is -5.99. The number of ether oxygens (including phenoxy) is 4. The second-order valence-corrected chi connectivity index (χ2v) is 33.1. The lowest BCUT2D eigenvalue weighted by molar-refractivity contribution is -0.120. The van der Waals surface area contributed by atoms with Crippen molar-refractivity contribution in [2.45, 2.75) is 49.5 Å². The molecule has 0 spiro atoms. The van der Waals surface area contributed by atoms with Gasteiger partial charge in [-0.25, -0.2) is 29.0 Å². The van der Waals surface area contributed by atoms with Gasteiger partial charge in [-0.15, -0.1) is 0 Å². The standard InChI is InChI=1S/C92H64B2F6N10O18S2/c1-123-63-39-43-73-71(49-63)103-83(127-73)69(51-101)81-77-78(80(109(81)93(57-19-7-3-8-20-57)58-21-9-4-10-22-58)54-31-37-62(38-32-54)126-90(118)56-34-42-66-68(48-56)88(116)108(86(66)114)46-18-16-28-76(112)106-130(121,122)92(98,99)100)82(70(52-102)84-104-72-50-64(124-2)40-44-74(72)128-84)110(94(59-23-11-5-12-24-59)60-25-13-6-14-26-60)79(77)53-29-35-61(36-30-53)125-89(117)55-33-41-65-67(47-55)87(115)107(85(65)113)45-17-15-27-75(111)105-129(119,120)91(95,96)97/h3-14,19-26,29-44,47-50H,15-18,27-28,45-46H2,1-2H3,(H,105,111)(H,106,112)/b81-69-,82-70-. The summed E-state index contributed by atoms with van der Waals surface area (Å²) in [5.74, 6) is -8.00. The molecule has 0 unspecified atom stereocenters. The topological polar surface area (TPSA) is 382 Å². The van der Waals surface area contributed by atoms with E-state index < -0.39 is 105 Å². The highest BCUT2D eigenvalue weighted by molar-refractivity contribution is 7.91. The smallest absolute Gasteiger partial charge is 0.497 e. The fourth-order valence-electron chi connectivity index (χ4n) is 15.8. The van der Waals surface area contributed by atoms with Crippen LogP contribution in [-0.4, -0.2) is 145 Å². The molecular formula is C92H64B2F6N10O18S2. The molecule has 16 rings (SSSR count). The molecule has 38 heteroatoms. The van der Waals surface area contributed by atoms with E-state index in [1.54, 1.807) is 60.7 Å². The van der Waals surface area contributed by atoms with Gasteiger partial charge < -0.3 is 36.7 Å². The Morgan fingerprint density at radius 2 is 0.746 bits per heavy atom. The number of esters is 2. The summed E-state index contributed by atoms with van der Waals surface area (Å²) in [5.41, 5.74) is -8.13. The maximum absolute atomic E-state index is 14.6. The van der Waals surface area contributed by atoms with Gasteiger partial charge in [0.2, 0.25) is 23.6 Å². The summed E-state index contributed by atoms with van der Waals surface area (Å²) in [6.45, 7) is -2.70. The Labute approximate surface area is 734 Å². The molecule has 0 saturated carbocycles. The predicted molar refractivity (Wildman–Crippen MR) is 461 cm³/mol. The molecule has 2 aliphatic rings. The number of benzene rings is 10. The molecule has 10 aromatic carbocycles. The van der Waals surface area contributed by atoms with Gasteiger partial charge >= 0.3 is 56.7 Å². The first-order valence-electron chi connectivity index (χ1n) is 39.7. The number of nitriles is 2. The molecule has 14 aromatic rings. The van der Waals surface area contributed by atoms with Crippen LogP contribution in [0.3, 0.4) is 0 Å². The number of carbonyl (C=O) groups is 8. The zero-order valence-electron chi connectivity index (χ0n) is 67.9. The number of nitrogens with zero attached hydrogens (tertiary/aromatic N) is 8. The van der Waals surface area contributed by atoms with Crippen molar-refractivity contribution in [2.24, 2.45) is 0 Å². The van der Waals surface area contributed by atoms with Crippen LogP contribution in [-0.2, 0) is 29.6 Å². The number of amides is 6. The van der Waals surface area contributed by atoms with E-state index in [9.17, 15) is 92.1 Å². The molecule has 2 aliphatic heterocycles. The van der Waals surface area contributed by atoms with Crippen LogP contribution in [0.5, 0.6) is 23.0 Å². The highest BCUT2D eigenvalue weighted by Crippen LogP contribution is 2.40. The van der Waals surface area contributed by atoms with E-state index >= 15 is 0 Å². The van der Waals surface area contributed by atoms with Crippen molar-refractivity contribution in [1.82, 2.24) is 38.2 Å². The molecule has 0 atom stereocenters. The number of oxazole rings is 2. The highest BCUT2D eigenvalue weighted by atomic mass is 32.2. The fraction of sp³-hybridized carbons (Fsp3) is 0.130. The first-order chi connectivity index (χ1) is 62.4. The number of carbonyl (C=O) groups excluding carboxylic acids is 8. The number of unbranched alkanes of at least 4 members (excludes halogenated alkanes) is 2. The fourth-order valence-corrected chi connectivity index (χ4v) is 16.8. The number of hydrogen-bond donors (Lipinski definition) is 2. The largest absolute Gasteiger partial charge is 0.516 e. The van der Waals surface area contributed by atoms with E-state index in [2.05, 4.69) is 12.1 Å². The Kier molecular flexibility index (Phi) is 23.9. The monoisotopic (exact) mass is 1800 g/mol. The van der Waals surface area contributed by atoms with Crippen LogP contribution < -0.4 is 60.9 Å². The molecule has 0 aliphatic carbocycles. The summed E-state index contributed by atoms with van der Waals surface area (Å²) in [6, 6.07) is 71.9. The molecule has 650 valence electrons. The molecule has 28 nitrogen and oxygen atoms in total. The number of alkyl halides is 6. The van der Waals surface area contributed by atoms with E-state index in [0.29, 0.717) is 44.5 Å². The van der Waals surface area contributed by atoms with Gasteiger partial charge in [-0.3, -0.25) is 38.6 Å². The van der Waals surface area contributed by atoms with Crippen LogP contribution in [0.15, 0.2) is 251 Å². The quantitative estimate of drug-likeness (QED) is 0.0115. The van der Waals surface area contributed by atoms with Crippen molar-refractivity contribution in [2.75, 3.05) is 27.3 Å². The molecule has 130 heavy (non-hydrogen) atoms. The third-order valence-electron chi connectivity index (χ3n) is 21.7. The zero-order chi connectivity index (χ0) is 91.8. The number of nitrogens with one attached hydrogen (secondary N) is 2. The van der Waals surface area contributed by atoms with Gasteiger partial charge in [0.1, 0.15) is 57.3 Å². The molecule has 6 heterocycles. The Bertz CT molecular complexity index is 6940. The van der Waals surface area contributed by atoms with E-state index in [4.69, 9.17) is 37.7 Å². The zero-order valence-corrected chi connectivity index (χ0v) is 69.5. The summed E-state index contributed by atoms with van der Waals surface area (Å²) in [7, 11) is -9.03. The molecule has 0 bridgehead atoms. The first kappa shape index (κ1) is 87.5. The number of aromatic nitrogens is 4. The maximum atomic E-state index is 14.6. The van der Waals surface area contributed by atoms with Crippen molar-refractivity contribution in [3.05, 3.63) is 299 Å².